The van der Waals surface area contributed by atoms with Crippen LogP contribution in [0.25, 0.3) is 0 Å². The van der Waals surface area contributed by atoms with E-state index in [0.29, 0.717) is 16.0 Å². The van der Waals surface area contributed by atoms with Gasteiger partial charge in [-0.15, -0.1) is 0 Å². The molecule has 0 radical (unpaired) electrons. The topological polar surface area (TPSA) is 25.2 Å². The van der Waals surface area contributed by atoms with Crippen molar-refractivity contribution in [1.82, 2.24) is 5.32 Å². The highest BCUT2D eigenvalue weighted by atomic mass is 79.9. The van der Waals surface area contributed by atoms with Crippen LogP contribution in [-0.4, -0.2) is 6.54 Å². The summed E-state index contributed by atoms with van der Waals surface area (Å²) in [5.41, 5.74) is 1.65. The molecular formula is C15H17BrFNO. The molecule has 1 unspecified atom stereocenters. The minimum Gasteiger partial charge on any atom is -0.452 e. The number of furan rings is 1. The summed E-state index contributed by atoms with van der Waals surface area (Å²) in [6.07, 6.45) is 0.978. The van der Waals surface area contributed by atoms with Gasteiger partial charge in [0.1, 0.15) is 11.6 Å². The Morgan fingerprint density at radius 2 is 2.11 bits per heavy atom. The molecule has 0 aliphatic heterocycles. The molecule has 0 saturated carbocycles. The Kier molecular flexibility index (Phi) is 4.77. The van der Waals surface area contributed by atoms with Crippen molar-refractivity contribution in [3.8, 4) is 0 Å². The molecule has 4 heteroatoms. The van der Waals surface area contributed by atoms with E-state index in [0.717, 1.165) is 18.5 Å². The zero-order valence-electron chi connectivity index (χ0n) is 11.0. The quantitative estimate of drug-likeness (QED) is 0.870. The largest absolute Gasteiger partial charge is 0.452 e. The van der Waals surface area contributed by atoms with Crippen LogP contribution in [0.15, 0.2) is 39.4 Å². The Balaban J connectivity index is 2.39. The maximum absolute atomic E-state index is 14.0. The van der Waals surface area contributed by atoms with Crippen LogP contribution in [0.1, 0.15) is 36.3 Å². The maximum Gasteiger partial charge on any atom is 0.169 e. The van der Waals surface area contributed by atoms with Crippen molar-refractivity contribution < 1.29 is 8.81 Å². The van der Waals surface area contributed by atoms with Crippen LogP contribution in [-0.2, 0) is 0 Å². The molecule has 1 atom stereocenters. The van der Waals surface area contributed by atoms with Gasteiger partial charge in [-0.1, -0.05) is 24.6 Å². The lowest BCUT2D eigenvalue weighted by Crippen LogP contribution is -2.23. The number of rotatable bonds is 5. The fraction of sp³-hybridized carbons (Fsp3) is 0.333. The van der Waals surface area contributed by atoms with E-state index in [1.807, 2.05) is 25.1 Å². The van der Waals surface area contributed by atoms with Gasteiger partial charge in [-0.2, -0.15) is 0 Å². The predicted molar refractivity (Wildman–Crippen MR) is 77.7 cm³/mol. The zero-order chi connectivity index (χ0) is 13.8. The third-order valence-corrected chi connectivity index (χ3v) is 3.37. The average molecular weight is 326 g/mol. The van der Waals surface area contributed by atoms with E-state index in [1.54, 1.807) is 6.07 Å². The average Bonchev–Trinajstić information content (AvgIpc) is 2.80. The summed E-state index contributed by atoms with van der Waals surface area (Å²) < 4.78 is 20.3. The molecule has 0 aliphatic carbocycles. The first-order chi connectivity index (χ1) is 9.11. The molecule has 0 bridgehead atoms. The smallest absolute Gasteiger partial charge is 0.169 e. The fourth-order valence-electron chi connectivity index (χ4n) is 2.02. The van der Waals surface area contributed by atoms with Crippen molar-refractivity contribution in [2.24, 2.45) is 0 Å². The molecule has 0 fully saturated rings. The lowest BCUT2D eigenvalue weighted by Gasteiger charge is -2.18. The Labute approximate surface area is 121 Å². The highest BCUT2D eigenvalue weighted by Crippen LogP contribution is 2.28. The van der Waals surface area contributed by atoms with E-state index in [-0.39, 0.29) is 11.9 Å². The highest BCUT2D eigenvalue weighted by Gasteiger charge is 2.20. The molecule has 1 heterocycles. The van der Waals surface area contributed by atoms with Crippen molar-refractivity contribution >= 4 is 15.9 Å². The van der Waals surface area contributed by atoms with Gasteiger partial charge in [-0.05, 0) is 54.0 Å². The molecule has 0 saturated heterocycles. The summed E-state index contributed by atoms with van der Waals surface area (Å²) in [6, 6.07) is 8.56. The molecule has 102 valence electrons. The molecular weight excluding hydrogens is 309 g/mol. The molecule has 2 rings (SSSR count). The van der Waals surface area contributed by atoms with Crippen molar-refractivity contribution in [2.75, 3.05) is 6.54 Å². The van der Waals surface area contributed by atoms with Crippen molar-refractivity contribution in [3.05, 3.63) is 57.7 Å². The Bertz CT molecular complexity index is 553. The van der Waals surface area contributed by atoms with Gasteiger partial charge in [-0.25, -0.2) is 4.39 Å². The van der Waals surface area contributed by atoms with Crippen LogP contribution in [0.4, 0.5) is 4.39 Å². The van der Waals surface area contributed by atoms with Gasteiger partial charge in [0, 0.05) is 5.56 Å². The Morgan fingerprint density at radius 1 is 1.32 bits per heavy atom. The lowest BCUT2D eigenvalue weighted by atomic mass is 10.0. The number of nitrogens with one attached hydrogen (secondary N) is 1. The van der Waals surface area contributed by atoms with Crippen LogP contribution >= 0.6 is 15.9 Å². The first kappa shape index (κ1) is 14.3. The summed E-state index contributed by atoms with van der Waals surface area (Å²) in [5.74, 6) is 0.497. The van der Waals surface area contributed by atoms with Crippen LogP contribution in [0.5, 0.6) is 0 Å². The number of aryl methyl sites for hydroxylation is 1. The van der Waals surface area contributed by atoms with E-state index in [9.17, 15) is 4.39 Å². The van der Waals surface area contributed by atoms with Crippen LogP contribution in [0, 0.1) is 12.7 Å². The summed E-state index contributed by atoms with van der Waals surface area (Å²) in [4.78, 5) is 0. The molecule has 0 aliphatic rings. The minimum absolute atomic E-state index is 0.216. The lowest BCUT2D eigenvalue weighted by molar-refractivity contribution is 0.424. The summed E-state index contributed by atoms with van der Waals surface area (Å²) >= 11 is 3.29. The predicted octanol–water partition coefficient (Wildman–Crippen LogP) is 4.58. The summed E-state index contributed by atoms with van der Waals surface area (Å²) in [6.45, 7) is 4.84. The standard InChI is InChI=1S/C15H17BrFNO/c1-3-8-18-15(13-6-7-14(16)19-13)11-9-10(2)4-5-12(11)17/h4-7,9,15,18H,3,8H2,1-2H3. The molecule has 0 amide bonds. The second-order valence-electron chi connectivity index (χ2n) is 4.55. The maximum atomic E-state index is 14.0. The first-order valence-corrected chi connectivity index (χ1v) is 7.15. The fourth-order valence-corrected chi connectivity index (χ4v) is 2.34. The van der Waals surface area contributed by atoms with E-state index < -0.39 is 0 Å². The molecule has 19 heavy (non-hydrogen) atoms. The number of hydrogen-bond acceptors (Lipinski definition) is 2. The second-order valence-corrected chi connectivity index (χ2v) is 5.34. The van der Waals surface area contributed by atoms with Gasteiger partial charge in [0.05, 0.1) is 6.04 Å². The van der Waals surface area contributed by atoms with E-state index >= 15 is 0 Å². The summed E-state index contributed by atoms with van der Waals surface area (Å²) in [5, 5.41) is 3.33. The molecule has 2 aromatic rings. The monoisotopic (exact) mass is 325 g/mol. The van der Waals surface area contributed by atoms with Crippen LogP contribution < -0.4 is 5.32 Å². The molecule has 1 N–H and O–H groups in total. The van der Waals surface area contributed by atoms with Gasteiger partial charge < -0.3 is 9.73 Å². The first-order valence-electron chi connectivity index (χ1n) is 6.36. The van der Waals surface area contributed by atoms with Crippen LogP contribution in [0.2, 0.25) is 0 Å². The normalized spacial score (nSPS) is 12.6. The highest BCUT2D eigenvalue weighted by molar-refractivity contribution is 9.10. The van der Waals surface area contributed by atoms with Crippen LogP contribution in [0.3, 0.4) is 0 Å². The third kappa shape index (κ3) is 3.45. The number of hydrogen-bond donors (Lipinski definition) is 1. The zero-order valence-corrected chi connectivity index (χ0v) is 12.6. The van der Waals surface area contributed by atoms with Crippen molar-refractivity contribution in [1.29, 1.82) is 0 Å². The van der Waals surface area contributed by atoms with Gasteiger partial charge in [-0.3, -0.25) is 0 Å². The van der Waals surface area contributed by atoms with E-state index in [1.165, 1.54) is 6.07 Å². The van der Waals surface area contributed by atoms with Gasteiger partial charge in [0.25, 0.3) is 0 Å². The SMILES string of the molecule is CCCNC(c1ccc(Br)o1)c1cc(C)ccc1F. The molecule has 1 aromatic carbocycles. The van der Waals surface area contributed by atoms with Crippen molar-refractivity contribution in [3.63, 3.8) is 0 Å². The molecule has 1 aromatic heterocycles. The minimum atomic E-state index is -0.258. The number of benzene rings is 1. The Morgan fingerprint density at radius 3 is 2.74 bits per heavy atom. The van der Waals surface area contributed by atoms with E-state index in [4.69, 9.17) is 4.42 Å². The molecule has 0 spiro atoms. The van der Waals surface area contributed by atoms with Gasteiger partial charge >= 0.3 is 0 Å². The Hall–Kier alpha value is -1.13. The third-order valence-electron chi connectivity index (χ3n) is 2.94. The van der Waals surface area contributed by atoms with E-state index in [2.05, 4.69) is 28.2 Å². The number of halogens is 2. The van der Waals surface area contributed by atoms with Gasteiger partial charge in [0.2, 0.25) is 0 Å². The van der Waals surface area contributed by atoms with Crippen molar-refractivity contribution in [2.45, 2.75) is 26.3 Å². The second kappa shape index (κ2) is 6.35. The summed E-state index contributed by atoms with van der Waals surface area (Å²) in [7, 11) is 0. The molecule has 2 nitrogen and oxygen atoms in total. The van der Waals surface area contributed by atoms with Gasteiger partial charge in [0.15, 0.2) is 4.67 Å².